The Morgan fingerprint density at radius 3 is 2.34 bits per heavy atom. The second kappa shape index (κ2) is 6.45. The number of hydrogen-bond donors (Lipinski definition) is 2. The molecule has 8 heteroatoms. The van der Waals surface area contributed by atoms with Gasteiger partial charge in [0.2, 0.25) is 0 Å². The van der Waals surface area contributed by atoms with Crippen LogP contribution in [0, 0.1) is 0 Å². The summed E-state index contributed by atoms with van der Waals surface area (Å²) in [6, 6.07) is 11.9. The van der Waals surface area contributed by atoms with Gasteiger partial charge in [-0.25, -0.2) is 4.68 Å². The fourth-order valence-electron chi connectivity index (χ4n) is 3.42. The van der Waals surface area contributed by atoms with Gasteiger partial charge in [-0.3, -0.25) is 9.89 Å². The molecule has 0 saturated heterocycles. The van der Waals surface area contributed by atoms with Crippen LogP contribution >= 0.6 is 0 Å². The first kappa shape index (κ1) is 19.2. The van der Waals surface area contributed by atoms with E-state index in [4.69, 9.17) is 0 Å². The van der Waals surface area contributed by atoms with Gasteiger partial charge >= 0.3 is 11.7 Å². The lowest BCUT2D eigenvalue weighted by molar-refractivity contribution is -0.735. The number of aromatic amines is 1. The van der Waals surface area contributed by atoms with Crippen molar-refractivity contribution in [1.29, 1.82) is 0 Å². The molecule has 2 N–H and O–H groups in total. The molecule has 2 aromatic heterocycles. The van der Waals surface area contributed by atoms with Gasteiger partial charge in [-0.15, -0.1) is 0 Å². The van der Waals surface area contributed by atoms with Crippen LogP contribution in [0.5, 0.6) is 0 Å². The van der Waals surface area contributed by atoms with Crippen LogP contribution in [0.2, 0.25) is 0 Å². The van der Waals surface area contributed by atoms with Crippen LogP contribution < -0.4 is 10.1 Å². The Labute approximate surface area is 163 Å². The molecule has 0 unspecified atom stereocenters. The summed E-state index contributed by atoms with van der Waals surface area (Å²) in [7, 11) is 0. The number of alkyl halides is 3. The summed E-state index contributed by atoms with van der Waals surface area (Å²) in [6.07, 6.45) is -2.64. The van der Waals surface area contributed by atoms with Crippen molar-refractivity contribution in [3.8, 4) is 5.69 Å². The lowest BCUT2D eigenvalue weighted by Gasteiger charge is -2.17. The van der Waals surface area contributed by atoms with Crippen molar-refractivity contribution in [2.24, 2.45) is 0 Å². The lowest BCUT2D eigenvalue weighted by atomic mass is 10.0. The van der Waals surface area contributed by atoms with Crippen molar-refractivity contribution in [1.82, 2.24) is 9.78 Å². The topological polar surface area (TPSA) is 61.9 Å². The number of aliphatic hydroxyl groups is 1. The molecule has 2 heterocycles. The Bertz CT molecular complexity index is 1270. The normalized spacial score (nSPS) is 12.8. The highest BCUT2D eigenvalue weighted by Crippen LogP contribution is 2.29. The van der Waals surface area contributed by atoms with Gasteiger partial charge in [0.15, 0.2) is 11.7 Å². The maximum atomic E-state index is 13.2. The quantitative estimate of drug-likeness (QED) is 0.515. The maximum absolute atomic E-state index is 13.2. The fraction of sp³-hybridized carbons (Fsp3) is 0.238. The Morgan fingerprint density at radius 1 is 1.07 bits per heavy atom. The third-order valence-corrected chi connectivity index (χ3v) is 5.10. The summed E-state index contributed by atoms with van der Waals surface area (Å²) in [6.45, 7) is 3.41. The van der Waals surface area contributed by atoms with Crippen LogP contribution in [0.3, 0.4) is 0 Å². The van der Waals surface area contributed by atoms with E-state index in [0.717, 1.165) is 22.9 Å². The van der Waals surface area contributed by atoms with Crippen molar-refractivity contribution in [2.75, 3.05) is 6.61 Å². The van der Waals surface area contributed by atoms with Gasteiger partial charge in [-0.05, 0) is 30.3 Å². The highest BCUT2D eigenvalue weighted by molar-refractivity contribution is 6.01. The molecule has 0 atom stereocenters. The van der Waals surface area contributed by atoms with E-state index in [-0.39, 0.29) is 12.3 Å². The zero-order valence-electron chi connectivity index (χ0n) is 15.8. The van der Waals surface area contributed by atoms with Crippen LogP contribution in [0.25, 0.3) is 27.5 Å². The van der Waals surface area contributed by atoms with E-state index in [1.165, 1.54) is 16.8 Å². The van der Waals surface area contributed by atoms with Crippen molar-refractivity contribution in [3.05, 3.63) is 70.6 Å². The van der Waals surface area contributed by atoms with E-state index in [2.05, 4.69) is 5.10 Å². The van der Waals surface area contributed by atoms with E-state index in [9.17, 15) is 23.1 Å². The number of aliphatic hydroxyl groups excluding tert-OH is 1. The van der Waals surface area contributed by atoms with Gasteiger partial charge in [-0.2, -0.15) is 17.7 Å². The second-order valence-electron chi connectivity index (χ2n) is 7.58. The molecule has 0 saturated carbocycles. The number of nitrogens with zero attached hydrogens (tertiary/aromatic N) is 2. The molecule has 150 valence electrons. The predicted molar refractivity (Wildman–Crippen MR) is 103 cm³/mol. The number of H-pyrrole nitrogens is 1. The van der Waals surface area contributed by atoms with Crippen LogP contribution in [-0.4, -0.2) is 21.5 Å². The minimum Gasteiger partial charge on any atom is -0.389 e. The molecule has 0 aliphatic carbocycles. The van der Waals surface area contributed by atoms with Crippen LogP contribution in [0.1, 0.15) is 19.4 Å². The zero-order chi connectivity index (χ0) is 21.0. The molecule has 29 heavy (non-hydrogen) atoms. The number of aromatic nitrogens is 3. The van der Waals surface area contributed by atoms with Crippen LogP contribution in [-0.2, 0) is 11.7 Å². The monoisotopic (exact) mass is 402 g/mol. The average Bonchev–Trinajstić information content (AvgIpc) is 3.04. The molecule has 0 aliphatic heterocycles. The molecular weight excluding hydrogens is 383 g/mol. The number of pyridine rings is 1. The van der Waals surface area contributed by atoms with E-state index >= 15 is 0 Å². The lowest BCUT2D eigenvalue weighted by Crippen LogP contribution is -2.56. The summed E-state index contributed by atoms with van der Waals surface area (Å²) in [5.74, 6) is 0. The summed E-state index contributed by atoms with van der Waals surface area (Å²) < 4.78 is 41.5. The number of halogens is 3. The Morgan fingerprint density at radius 2 is 1.72 bits per heavy atom. The van der Waals surface area contributed by atoms with Crippen LogP contribution in [0.4, 0.5) is 13.2 Å². The van der Waals surface area contributed by atoms with Gasteiger partial charge in [0, 0.05) is 24.6 Å². The Balaban J connectivity index is 2.03. The highest BCUT2D eigenvalue weighted by Gasteiger charge is 2.34. The molecule has 0 fully saturated rings. The van der Waals surface area contributed by atoms with Gasteiger partial charge < -0.3 is 5.11 Å². The molecule has 0 radical (unpaired) electrons. The molecule has 0 aliphatic rings. The van der Waals surface area contributed by atoms with E-state index in [1.807, 2.05) is 24.3 Å². The standard InChI is InChI=1S/C21H18F3N3O2/c1-20(2,12-28)26-11-13-5-3-4-6-16(13)17-18(26)19(29)27(25-17)15-9-7-14(8-10-15)21(22,23)24/h3-11,28H,12H2,1-2H3/p+1. The van der Waals surface area contributed by atoms with Crippen molar-refractivity contribution >= 4 is 21.8 Å². The van der Waals surface area contributed by atoms with E-state index < -0.39 is 22.8 Å². The second-order valence-corrected chi connectivity index (χ2v) is 7.58. The van der Waals surface area contributed by atoms with Gasteiger partial charge in [0.25, 0.3) is 5.52 Å². The molecule has 0 bridgehead atoms. The third kappa shape index (κ3) is 3.09. The summed E-state index contributed by atoms with van der Waals surface area (Å²) in [5, 5.41) is 14.6. The summed E-state index contributed by atoms with van der Waals surface area (Å²) in [4.78, 5) is 13.2. The number of hydrogen-bond acceptors (Lipinski definition) is 2. The van der Waals surface area contributed by atoms with Gasteiger partial charge in [0.05, 0.1) is 11.3 Å². The highest BCUT2D eigenvalue weighted by atomic mass is 19.4. The molecule has 2 aromatic carbocycles. The molecule has 0 spiro atoms. The smallest absolute Gasteiger partial charge is 0.389 e. The van der Waals surface area contributed by atoms with Crippen LogP contribution in [0.15, 0.2) is 59.5 Å². The van der Waals surface area contributed by atoms with Crippen molar-refractivity contribution < 1.29 is 22.8 Å². The van der Waals surface area contributed by atoms with Crippen molar-refractivity contribution in [2.45, 2.75) is 25.6 Å². The average molecular weight is 402 g/mol. The number of rotatable bonds is 3. The molecule has 4 rings (SSSR count). The van der Waals surface area contributed by atoms with E-state index in [0.29, 0.717) is 11.0 Å². The number of benzene rings is 2. The SMILES string of the molecule is CC(C)(CO)[n+]1cc2ccccc2c2[nH]n(-c3ccc(C(F)(F)F)cc3)c(=O)c21. The minimum atomic E-state index is -4.45. The largest absolute Gasteiger partial charge is 0.416 e. The molecule has 0 amide bonds. The summed E-state index contributed by atoms with van der Waals surface area (Å²) >= 11 is 0. The first-order valence-corrected chi connectivity index (χ1v) is 9.00. The molecule has 5 nitrogen and oxygen atoms in total. The first-order valence-electron chi connectivity index (χ1n) is 9.00. The molecular formula is C21H19F3N3O2+. The minimum absolute atomic E-state index is 0.198. The van der Waals surface area contributed by atoms with Gasteiger partial charge in [-0.1, -0.05) is 18.2 Å². The number of nitrogens with one attached hydrogen (secondary N) is 1. The first-order chi connectivity index (χ1) is 13.6. The Kier molecular flexibility index (Phi) is 4.27. The van der Waals surface area contributed by atoms with Crippen molar-refractivity contribution in [3.63, 3.8) is 0 Å². The third-order valence-electron chi connectivity index (χ3n) is 5.10. The zero-order valence-corrected chi connectivity index (χ0v) is 15.8. The summed E-state index contributed by atoms with van der Waals surface area (Å²) in [5.41, 5.74) is -0.782. The number of fused-ring (bicyclic) bond motifs is 3. The van der Waals surface area contributed by atoms with Gasteiger partial charge in [0.1, 0.15) is 12.1 Å². The Hall–Kier alpha value is -3.13. The maximum Gasteiger partial charge on any atom is 0.416 e. The molecule has 4 aromatic rings. The fourth-order valence-corrected chi connectivity index (χ4v) is 3.42. The predicted octanol–water partition coefficient (Wildman–Crippen LogP) is 3.51. The van der Waals surface area contributed by atoms with E-state index in [1.54, 1.807) is 24.6 Å².